The largest absolute Gasteiger partial charge is 0.463 e. The number of likely N-dealkylation sites (tertiary alicyclic amines) is 1. The summed E-state index contributed by atoms with van der Waals surface area (Å²) >= 11 is 0. The summed E-state index contributed by atoms with van der Waals surface area (Å²) in [5, 5.41) is 0. The van der Waals surface area contributed by atoms with Crippen molar-refractivity contribution in [1.82, 2.24) is 4.90 Å². The lowest BCUT2D eigenvalue weighted by Crippen LogP contribution is -2.43. The summed E-state index contributed by atoms with van der Waals surface area (Å²) in [5.74, 6) is -3.26. The van der Waals surface area contributed by atoms with Gasteiger partial charge in [-0.2, -0.15) is 0 Å². The summed E-state index contributed by atoms with van der Waals surface area (Å²) in [4.78, 5) is 38.6. The second-order valence-corrected chi connectivity index (χ2v) is 7.30. The number of esters is 1. The van der Waals surface area contributed by atoms with Crippen LogP contribution >= 0.6 is 0 Å². The zero-order valence-electron chi connectivity index (χ0n) is 15.1. The van der Waals surface area contributed by atoms with Crippen molar-refractivity contribution in [2.75, 3.05) is 19.8 Å². The predicted octanol–water partition coefficient (Wildman–Crippen LogP) is 1.27. The van der Waals surface area contributed by atoms with Crippen molar-refractivity contribution in [3.8, 4) is 0 Å². The highest BCUT2D eigenvalue weighted by Gasteiger charge is 2.68. The van der Waals surface area contributed by atoms with Gasteiger partial charge in [-0.1, -0.05) is 13.0 Å². The molecule has 138 valence electrons. The van der Waals surface area contributed by atoms with E-state index in [9.17, 15) is 14.4 Å². The summed E-state index contributed by atoms with van der Waals surface area (Å²) in [5.41, 5.74) is -0.578. The first-order valence-corrected chi connectivity index (χ1v) is 8.81. The molecule has 0 saturated carbocycles. The van der Waals surface area contributed by atoms with Crippen LogP contribution in [0.15, 0.2) is 12.2 Å². The number of fused-ring (bicyclic) bond motifs is 5. The minimum atomic E-state index is -1.13. The van der Waals surface area contributed by atoms with Crippen LogP contribution in [0.3, 0.4) is 0 Å². The van der Waals surface area contributed by atoms with Gasteiger partial charge in [-0.3, -0.25) is 19.3 Å². The number of hydrogen-bond acceptors (Lipinski definition) is 6. The van der Waals surface area contributed by atoms with Gasteiger partial charge in [-0.25, -0.2) is 0 Å². The van der Waals surface area contributed by atoms with Gasteiger partial charge in [-0.05, 0) is 33.3 Å². The topological polar surface area (TPSA) is 82.1 Å². The van der Waals surface area contributed by atoms with Crippen LogP contribution in [0.4, 0.5) is 0 Å². The molecule has 0 spiro atoms. The molecule has 3 heterocycles. The quantitative estimate of drug-likeness (QED) is 0.390. The second-order valence-electron chi connectivity index (χ2n) is 7.30. The van der Waals surface area contributed by atoms with E-state index < -0.39 is 29.1 Å². The number of nitrogens with zero attached hydrogens (tertiary/aromatic N) is 1. The van der Waals surface area contributed by atoms with Crippen molar-refractivity contribution in [2.24, 2.45) is 17.3 Å². The van der Waals surface area contributed by atoms with E-state index >= 15 is 0 Å². The molecule has 2 saturated heterocycles. The summed E-state index contributed by atoms with van der Waals surface area (Å²) in [6, 6.07) is 0. The van der Waals surface area contributed by atoms with Crippen LogP contribution in [0.2, 0.25) is 0 Å². The Balaban J connectivity index is 1.65. The molecule has 0 aromatic carbocycles. The van der Waals surface area contributed by atoms with E-state index in [4.69, 9.17) is 14.2 Å². The predicted molar refractivity (Wildman–Crippen MR) is 87.1 cm³/mol. The van der Waals surface area contributed by atoms with E-state index in [0.29, 0.717) is 13.0 Å². The highest BCUT2D eigenvalue weighted by molar-refractivity contribution is 6.07. The average Bonchev–Trinajstić information content (AvgIpc) is 3.20. The highest BCUT2D eigenvalue weighted by Crippen LogP contribution is 2.52. The summed E-state index contributed by atoms with van der Waals surface area (Å²) in [6.07, 6.45) is 3.74. The fraction of sp³-hybridized carbons (Fsp3) is 0.722. The van der Waals surface area contributed by atoms with Crippen LogP contribution in [-0.2, 0) is 28.6 Å². The highest BCUT2D eigenvalue weighted by atomic mass is 16.7. The molecule has 0 aliphatic carbocycles. The molecule has 7 nitrogen and oxygen atoms in total. The fourth-order valence-corrected chi connectivity index (χ4v) is 3.58. The molecule has 2 fully saturated rings. The lowest BCUT2D eigenvalue weighted by Gasteiger charge is -2.28. The monoisotopic (exact) mass is 351 g/mol. The van der Waals surface area contributed by atoms with Crippen LogP contribution in [0.1, 0.15) is 34.1 Å². The molecule has 2 bridgehead atoms. The maximum Gasteiger partial charge on any atom is 0.311 e. The van der Waals surface area contributed by atoms with Crippen molar-refractivity contribution < 1.29 is 28.6 Å². The minimum absolute atomic E-state index is 0.000228. The van der Waals surface area contributed by atoms with Crippen LogP contribution in [0, 0.1) is 17.3 Å². The van der Waals surface area contributed by atoms with Crippen molar-refractivity contribution in [3.63, 3.8) is 0 Å². The SMILES string of the molecule is CCOC12C=CC(O1)C1C(=O)N(CCOC(=O)C(C)(C)CC)C(=O)C12. The molecule has 4 atom stereocenters. The van der Waals surface area contributed by atoms with Gasteiger partial charge in [0.2, 0.25) is 17.6 Å². The number of amides is 2. The Kier molecular flexibility index (Phi) is 4.49. The number of carbonyl (C=O) groups is 3. The van der Waals surface area contributed by atoms with Crippen LogP contribution in [0.25, 0.3) is 0 Å². The molecule has 25 heavy (non-hydrogen) atoms. The van der Waals surface area contributed by atoms with Crippen LogP contribution < -0.4 is 0 Å². The first-order chi connectivity index (χ1) is 11.8. The van der Waals surface area contributed by atoms with Gasteiger partial charge in [0.05, 0.1) is 24.0 Å². The molecule has 0 radical (unpaired) electrons. The van der Waals surface area contributed by atoms with E-state index in [-0.39, 0.29) is 30.9 Å². The molecule has 0 aromatic rings. The first-order valence-electron chi connectivity index (χ1n) is 8.81. The molecule has 3 rings (SSSR count). The Morgan fingerprint density at radius 2 is 2.04 bits per heavy atom. The average molecular weight is 351 g/mol. The van der Waals surface area contributed by atoms with E-state index in [1.165, 1.54) is 4.90 Å². The molecule has 3 aliphatic rings. The number of imide groups is 1. The van der Waals surface area contributed by atoms with Crippen molar-refractivity contribution >= 4 is 17.8 Å². The zero-order chi connectivity index (χ0) is 18.4. The first kappa shape index (κ1) is 18.1. The number of ether oxygens (including phenoxy) is 3. The van der Waals surface area contributed by atoms with Crippen molar-refractivity contribution in [3.05, 3.63) is 12.2 Å². The van der Waals surface area contributed by atoms with Gasteiger partial charge in [0.1, 0.15) is 12.5 Å². The molecule has 0 aromatic heterocycles. The Morgan fingerprint density at radius 3 is 2.68 bits per heavy atom. The number of hydrogen-bond donors (Lipinski definition) is 0. The fourth-order valence-electron chi connectivity index (χ4n) is 3.58. The van der Waals surface area contributed by atoms with E-state index in [0.717, 1.165) is 0 Å². The molecule has 4 unspecified atom stereocenters. The molecular weight excluding hydrogens is 326 g/mol. The smallest absolute Gasteiger partial charge is 0.311 e. The number of carbonyl (C=O) groups excluding carboxylic acids is 3. The van der Waals surface area contributed by atoms with Crippen molar-refractivity contribution in [2.45, 2.75) is 46.0 Å². The normalized spacial score (nSPS) is 33.3. The third kappa shape index (κ3) is 2.69. The van der Waals surface area contributed by atoms with Crippen LogP contribution in [0.5, 0.6) is 0 Å². The molecular formula is C18H25NO6. The Hall–Kier alpha value is -1.73. The van der Waals surface area contributed by atoms with Crippen molar-refractivity contribution in [1.29, 1.82) is 0 Å². The third-order valence-electron chi connectivity index (χ3n) is 5.42. The molecule has 7 heteroatoms. The summed E-state index contributed by atoms with van der Waals surface area (Å²) in [6.45, 7) is 7.78. The maximum atomic E-state index is 12.8. The standard InChI is InChI=1S/C18H25NO6/c1-5-17(3,4)16(22)23-10-9-19-14(20)12-11-7-8-18(25-11,24-6-2)13(12)15(19)21/h7-8,11-13H,5-6,9-10H2,1-4H3. The van der Waals surface area contributed by atoms with Gasteiger partial charge in [0.25, 0.3) is 0 Å². The molecule has 2 amide bonds. The Bertz CT molecular complexity index is 627. The molecule has 0 N–H and O–H groups in total. The summed E-state index contributed by atoms with van der Waals surface area (Å²) in [7, 11) is 0. The third-order valence-corrected chi connectivity index (χ3v) is 5.42. The van der Waals surface area contributed by atoms with Gasteiger partial charge >= 0.3 is 5.97 Å². The van der Waals surface area contributed by atoms with Gasteiger partial charge in [0, 0.05) is 6.61 Å². The van der Waals surface area contributed by atoms with Crippen LogP contribution in [-0.4, -0.2) is 54.3 Å². The zero-order valence-corrected chi connectivity index (χ0v) is 15.1. The van der Waals surface area contributed by atoms with E-state index in [1.807, 2.05) is 13.8 Å². The molecule has 3 aliphatic heterocycles. The van der Waals surface area contributed by atoms with E-state index in [2.05, 4.69) is 0 Å². The van der Waals surface area contributed by atoms with Gasteiger partial charge in [0.15, 0.2) is 0 Å². The summed E-state index contributed by atoms with van der Waals surface area (Å²) < 4.78 is 16.7. The number of rotatable bonds is 7. The minimum Gasteiger partial charge on any atom is -0.463 e. The van der Waals surface area contributed by atoms with Gasteiger partial charge < -0.3 is 14.2 Å². The lowest BCUT2D eigenvalue weighted by atomic mass is 9.83. The maximum absolute atomic E-state index is 12.8. The second kappa shape index (κ2) is 6.21. The lowest BCUT2D eigenvalue weighted by molar-refractivity contribution is -0.198. The Morgan fingerprint density at radius 1 is 1.32 bits per heavy atom. The van der Waals surface area contributed by atoms with E-state index in [1.54, 1.807) is 26.0 Å². The Labute approximate surface area is 147 Å². The van der Waals surface area contributed by atoms with Gasteiger partial charge in [-0.15, -0.1) is 0 Å².